The predicted molar refractivity (Wildman–Crippen MR) is 82.4 cm³/mol. The number of carbonyl (C=O) groups is 1. The van der Waals surface area contributed by atoms with E-state index in [4.69, 9.17) is 4.74 Å². The monoisotopic (exact) mass is 291 g/mol. The van der Waals surface area contributed by atoms with Crippen LogP contribution in [0.25, 0.3) is 0 Å². The summed E-state index contributed by atoms with van der Waals surface area (Å²) in [6.07, 6.45) is 4.07. The number of hydrogen-bond acceptors (Lipinski definition) is 3. The lowest BCUT2D eigenvalue weighted by Crippen LogP contribution is -2.38. The maximum Gasteiger partial charge on any atom is 0.258 e. The van der Waals surface area contributed by atoms with Crippen LogP contribution in [0.1, 0.15) is 36.8 Å². The number of rotatable bonds is 6. The molecule has 1 aliphatic carbocycles. The fourth-order valence-corrected chi connectivity index (χ4v) is 2.88. The fourth-order valence-electron chi connectivity index (χ4n) is 2.88. The number of nitrogens with one attached hydrogen (secondary N) is 1. The maximum absolute atomic E-state index is 11.8. The Hall–Kier alpha value is -1.55. The van der Waals surface area contributed by atoms with Gasteiger partial charge in [0.15, 0.2) is 6.61 Å². The Kier molecular flexibility index (Phi) is 5.62. The standard InChI is InChI=1S/C17H25NO3/c1-12-7-8-16(13(2)9-12)21-11-17(20)18-10-15(19)14-5-3-4-6-14/h7-9,14-15,19H,3-6,10-11H2,1-2H3,(H,18,20). The molecule has 1 aliphatic rings. The van der Waals surface area contributed by atoms with E-state index in [1.807, 2.05) is 32.0 Å². The van der Waals surface area contributed by atoms with Gasteiger partial charge in [0.25, 0.3) is 5.91 Å². The Morgan fingerprint density at radius 2 is 2.10 bits per heavy atom. The van der Waals surface area contributed by atoms with Gasteiger partial charge in [0.2, 0.25) is 0 Å². The molecule has 1 aromatic rings. The number of ether oxygens (including phenoxy) is 1. The van der Waals surface area contributed by atoms with Crippen LogP contribution in [0.15, 0.2) is 18.2 Å². The summed E-state index contributed by atoms with van der Waals surface area (Å²) in [6, 6.07) is 5.87. The first-order valence-electron chi connectivity index (χ1n) is 7.71. The lowest BCUT2D eigenvalue weighted by molar-refractivity contribution is -0.123. The molecule has 1 fully saturated rings. The third-order valence-electron chi connectivity index (χ3n) is 4.14. The Bertz CT molecular complexity index is 481. The predicted octanol–water partition coefficient (Wildman–Crippen LogP) is 2.35. The van der Waals surface area contributed by atoms with Crippen LogP contribution in [-0.4, -0.2) is 30.3 Å². The number of carbonyl (C=O) groups excluding carboxylic acids is 1. The summed E-state index contributed by atoms with van der Waals surface area (Å²) >= 11 is 0. The highest BCUT2D eigenvalue weighted by molar-refractivity contribution is 5.77. The summed E-state index contributed by atoms with van der Waals surface area (Å²) in [7, 11) is 0. The van der Waals surface area contributed by atoms with Gasteiger partial charge in [0, 0.05) is 6.54 Å². The van der Waals surface area contributed by atoms with Crippen LogP contribution in [-0.2, 0) is 4.79 Å². The van der Waals surface area contributed by atoms with Gasteiger partial charge in [-0.15, -0.1) is 0 Å². The van der Waals surface area contributed by atoms with Crippen molar-refractivity contribution in [1.82, 2.24) is 5.32 Å². The number of hydrogen-bond donors (Lipinski definition) is 2. The van der Waals surface area contributed by atoms with Crippen molar-refractivity contribution in [3.05, 3.63) is 29.3 Å². The molecule has 21 heavy (non-hydrogen) atoms. The number of amides is 1. The van der Waals surface area contributed by atoms with E-state index in [1.54, 1.807) is 0 Å². The van der Waals surface area contributed by atoms with E-state index in [1.165, 1.54) is 18.4 Å². The molecule has 1 amide bonds. The summed E-state index contributed by atoms with van der Waals surface area (Å²) in [5, 5.41) is 12.7. The molecule has 1 saturated carbocycles. The summed E-state index contributed by atoms with van der Waals surface area (Å²) in [5.41, 5.74) is 2.19. The second-order valence-corrected chi connectivity index (χ2v) is 5.97. The van der Waals surface area contributed by atoms with Gasteiger partial charge in [-0.05, 0) is 44.2 Å². The third kappa shape index (κ3) is 4.74. The summed E-state index contributed by atoms with van der Waals surface area (Å²) in [5.74, 6) is 0.879. The molecule has 0 aliphatic heterocycles. The number of aliphatic hydroxyl groups is 1. The van der Waals surface area contributed by atoms with Crippen molar-refractivity contribution in [2.24, 2.45) is 5.92 Å². The zero-order valence-corrected chi connectivity index (χ0v) is 12.9. The fraction of sp³-hybridized carbons (Fsp3) is 0.588. The van der Waals surface area contributed by atoms with Crippen molar-refractivity contribution in [3.63, 3.8) is 0 Å². The number of aliphatic hydroxyl groups excluding tert-OH is 1. The van der Waals surface area contributed by atoms with E-state index in [-0.39, 0.29) is 12.5 Å². The Balaban J connectivity index is 1.71. The molecule has 2 N–H and O–H groups in total. The van der Waals surface area contributed by atoms with Gasteiger partial charge in [-0.3, -0.25) is 4.79 Å². The van der Waals surface area contributed by atoms with Crippen LogP contribution >= 0.6 is 0 Å². The molecule has 0 radical (unpaired) electrons. The molecule has 1 unspecified atom stereocenters. The molecule has 0 bridgehead atoms. The van der Waals surface area contributed by atoms with E-state index in [9.17, 15) is 9.90 Å². The van der Waals surface area contributed by atoms with Crippen molar-refractivity contribution in [2.75, 3.05) is 13.2 Å². The quantitative estimate of drug-likeness (QED) is 0.846. The van der Waals surface area contributed by atoms with Gasteiger partial charge in [0.1, 0.15) is 5.75 Å². The molecular weight excluding hydrogens is 266 g/mol. The van der Waals surface area contributed by atoms with Crippen molar-refractivity contribution in [2.45, 2.75) is 45.6 Å². The second kappa shape index (κ2) is 7.46. The van der Waals surface area contributed by atoms with E-state index >= 15 is 0 Å². The van der Waals surface area contributed by atoms with Gasteiger partial charge in [0.05, 0.1) is 6.10 Å². The lowest BCUT2D eigenvalue weighted by Gasteiger charge is -2.18. The Labute approximate surface area is 126 Å². The first-order chi connectivity index (χ1) is 10.1. The maximum atomic E-state index is 11.8. The normalized spacial score (nSPS) is 16.7. The third-order valence-corrected chi connectivity index (χ3v) is 4.14. The molecule has 0 aromatic heterocycles. The number of aryl methyl sites for hydroxylation is 2. The van der Waals surface area contributed by atoms with Gasteiger partial charge < -0.3 is 15.2 Å². The molecule has 1 atom stereocenters. The van der Waals surface area contributed by atoms with Crippen LogP contribution in [0.3, 0.4) is 0 Å². The Morgan fingerprint density at radius 1 is 1.38 bits per heavy atom. The highest BCUT2D eigenvalue weighted by Gasteiger charge is 2.23. The first-order valence-corrected chi connectivity index (χ1v) is 7.71. The molecule has 0 heterocycles. The van der Waals surface area contributed by atoms with E-state index in [0.29, 0.717) is 12.5 Å². The highest BCUT2D eigenvalue weighted by atomic mass is 16.5. The van der Waals surface area contributed by atoms with Crippen LogP contribution < -0.4 is 10.1 Å². The second-order valence-electron chi connectivity index (χ2n) is 5.97. The van der Waals surface area contributed by atoms with Gasteiger partial charge in [-0.1, -0.05) is 30.5 Å². The zero-order chi connectivity index (χ0) is 15.2. The van der Waals surface area contributed by atoms with E-state index < -0.39 is 6.10 Å². The summed E-state index contributed by atoms with van der Waals surface area (Å²) in [4.78, 5) is 11.8. The van der Waals surface area contributed by atoms with Crippen molar-refractivity contribution < 1.29 is 14.6 Å². The molecule has 4 nitrogen and oxygen atoms in total. The molecule has 2 rings (SSSR count). The first kappa shape index (κ1) is 15.8. The van der Waals surface area contributed by atoms with E-state index in [2.05, 4.69) is 5.32 Å². The van der Waals surface area contributed by atoms with Gasteiger partial charge >= 0.3 is 0 Å². The molecule has 1 aromatic carbocycles. The molecule has 4 heteroatoms. The SMILES string of the molecule is Cc1ccc(OCC(=O)NCC(O)C2CCCC2)c(C)c1. The Morgan fingerprint density at radius 3 is 2.76 bits per heavy atom. The van der Waals surface area contributed by atoms with Gasteiger partial charge in [-0.25, -0.2) is 0 Å². The summed E-state index contributed by atoms with van der Waals surface area (Å²) in [6.45, 7) is 4.29. The minimum absolute atomic E-state index is 0.0126. The molecule has 0 spiro atoms. The van der Waals surface area contributed by atoms with Crippen LogP contribution in [0.2, 0.25) is 0 Å². The molecule has 116 valence electrons. The minimum Gasteiger partial charge on any atom is -0.484 e. The average Bonchev–Trinajstić information content (AvgIpc) is 2.98. The molecule has 0 saturated heterocycles. The average molecular weight is 291 g/mol. The number of benzene rings is 1. The van der Waals surface area contributed by atoms with Gasteiger partial charge in [-0.2, -0.15) is 0 Å². The van der Waals surface area contributed by atoms with Crippen LogP contribution in [0.5, 0.6) is 5.75 Å². The largest absolute Gasteiger partial charge is 0.484 e. The summed E-state index contributed by atoms with van der Waals surface area (Å²) < 4.78 is 5.52. The van der Waals surface area contributed by atoms with Crippen molar-refractivity contribution in [3.8, 4) is 5.75 Å². The highest BCUT2D eigenvalue weighted by Crippen LogP contribution is 2.27. The topological polar surface area (TPSA) is 58.6 Å². The lowest BCUT2D eigenvalue weighted by atomic mass is 10.0. The smallest absolute Gasteiger partial charge is 0.258 e. The van der Waals surface area contributed by atoms with Crippen molar-refractivity contribution in [1.29, 1.82) is 0 Å². The zero-order valence-electron chi connectivity index (χ0n) is 12.9. The van der Waals surface area contributed by atoms with E-state index in [0.717, 1.165) is 24.2 Å². The molecular formula is C17H25NO3. The minimum atomic E-state index is -0.433. The van der Waals surface area contributed by atoms with Crippen LogP contribution in [0, 0.1) is 19.8 Å². The van der Waals surface area contributed by atoms with Crippen LogP contribution in [0.4, 0.5) is 0 Å². The van der Waals surface area contributed by atoms with Crippen molar-refractivity contribution >= 4 is 5.91 Å².